The van der Waals surface area contributed by atoms with Gasteiger partial charge in [-0.2, -0.15) is 0 Å². The number of amides is 1. The number of rotatable bonds is 4. The molecule has 1 aliphatic heterocycles. The first-order chi connectivity index (χ1) is 9.11. The third-order valence-corrected chi connectivity index (χ3v) is 4.49. The number of hydrogen-bond donors (Lipinski definition) is 3. The van der Waals surface area contributed by atoms with Crippen LogP contribution in [-0.2, 0) is 9.59 Å². The Bertz CT molecular complexity index is 346. The van der Waals surface area contributed by atoms with Crippen molar-refractivity contribution in [2.75, 3.05) is 0 Å². The fourth-order valence-corrected chi connectivity index (χ4v) is 3.31. The molecule has 4 atom stereocenters. The Morgan fingerprint density at radius 3 is 2.68 bits per heavy atom. The first-order valence-electron chi connectivity index (χ1n) is 7.41. The van der Waals surface area contributed by atoms with E-state index in [0.717, 1.165) is 19.3 Å². The van der Waals surface area contributed by atoms with E-state index < -0.39 is 12.0 Å². The third-order valence-electron chi connectivity index (χ3n) is 4.49. The summed E-state index contributed by atoms with van der Waals surface area (Å²) in [5.41, 5.74) is 0. The van der Waals surface area contributed by atoms with Gasteiger partial charge in [0.2, 0.25) is 5.91 Å². The summed E-state index contributed by atoms with van der Waals surface area (Å²) in [5, 5.41) is 15.0. The van der Waals surface area contributed by atoms with Gasteiger partial charge in [-0.05, 0) is 38.0 Å². The number of carboxylic acids is 1. The molecule has 5 heteroatoms. The fraction of sp³-hybridized carbons (Fsp3) is 0.857. The normalized spacial score (nSPS) is 32.2. The van der Waals surface area contributed by atoms with Gasteiger partial charge in [0.15, 0.2) is 0 Å². The summed E-state index contributed by atoms with van der Waals surface area (Å²) in [6.07, 6.45) is 7.26. The van der Waals surface area contributed by atoms with Crippen LogP contribution in [0.5, 0.6) is 0 Å². The fourth-order valence-electron chi connectivity index (χ4n) is 3.31. The van der Waals surface area contributed by atoms with Gasteiger partial charge < -0.3 is 15.7 Å². The molecular formula is C14H24N2O3. The highest BCUT2D eigenvalue weighted by molar-refractivity contribution is 5.87. The van der Waals surface area contributed by atoms with Crippen LogP contribution in [0.3, 0.4) is 0 Å². The van der Waals surface area contributed by atoms with Gasteiger partial charge in [-0.1, -0.05) is 19.8 Å². The van der Waals surface area contributed by atoms with E-state index in [0.29, 0.717) is 18.4 Å². The highest BCUT2D eigenvalue weighted by Crippen LogP contribution is 2.32. The molecule has 3 N–H and O–H groups in total. The lowest BCUT2D eigenvalue weighted by molar-refractivity contribution is -0.142. The van der Waals surface area contributed by atoms with E-state index in [9.17, 15) is 9.59 Å². The lowest BCUT2D eigenvalue weighted by Crippen LogP contribution is -2.57. The molecule has 5 nitrogen and oxygen atoms in total. The Morgan fingerprint density at radius 2 is 2.00 bits per heavy atom. The second kappa shape index (κ2) is 6.37. The smallest absolute Gasteiger partial charge is 0.326 e. The van der Waals surface area contributed by atoms with Crippen molar-refractivity contribution < 1.29 is 14.7 Å². The zero-order chi connectivity index (χ0) is 13.8. The van der Waals surface area contributed by atoms with Gasteiger partial charge in [0, 0.05) is 6.04 Å². The molecule has 1 aliphatic carbocycles. The highest BCUT2D eigenvalue weighted by Gasteiger charge is 2.35. The zero-order valence-electron chi connectivity index (χ0n) is 11.5. The van der Waals surface area contributed by atoms with Crippen molar-refractivity contribution in [3.05, 3.63) is 0 Å². The summed E-state index contributed by atoms with van der Waals surface area (Å²) in [4.78, 5) is 23.1. The number of aliphatic carboxylic acids is 1. The summed E-state index contributed by atoms with van der Waals surface area (Å²) in [7, 11) is 0. The lowest BCUT2D eigenvalue weighted by atomic mass is 9.77. The second-order valence-electron chi connectivity index (χ2n) is 5.76. The van der Waals surface area contributed by atoms with Crippen molar-refractivity contribution in [2.45, 2.75) is 70.0 Å². The number of hydrogen-bond acceptors (Lipinski definition) is 3. The molecule has 0 radical (unpaired) electrons. The topological polar surface area (TPSA) is 78.4 Å². The van der Waals surface area contributed by atoms with Gasteiger partial charge in [0.25, 0.3) is 0 Å². The summed E-state index contributed by atoms with van der Waals surface area (Å²) in [5.74, 6) is -0.403. The molecule has 0 bridgehead atoms. The van der Waals surface area contributed by atoms with E-state index in [1.165, 1.54) is 19.3 Å². The van der Waals surface area contributed by atoms with E-state index >= 15 is 0 Å². The van der Waals surface area contributed by atoms with Crippen LogP contribution >= 0.6 is 0 Å². The van der Waals surface area contributed by atoms with Crippen LogP contribution < -0.4 is 10.6 Å². The molecule has 1 amide bonds. The average molecular weight is 268 g/mol. The molecule has 2 fully saturated rings. The van der Waals surface area contributed by atoms with E-state index in [1.807, 2.05) is 0 Å². The quantitative estimate of drug-likeness (QED) is 0.717. The molecule has 0 aromatic heterocycles. The van der Waals surface area contributed by atoms with Crippen molar-refractivity contribution >= 4 is 11.9 Å². The summed E-state index contributed by atoms with van der Waals surface area (Å²) >= 11 is 0. The van der Waals surface area contributed by atoms with Gasteiger partial charge in [-0.25, -0.2) is 4.79 Å². The van der Waals surface area contributed by atoms with E-state index in [2.05, 4.69) is 10.6 Å². The molecule has 0 aromatic carbocycles. The van der Waals surface area contributed by atoms with Crippen LogP contribution in [0, 0.1) is 5.92 Å². The van der Waals surface area contributed by atoms with Crippen molar-refractivity contribution in [3.63, 3.8) is 0 Å². The number of nitrogens with one attached hydrogen (secondary N) is 2. The Kier molecular flexibility index (Phi) is 4.80. The molecule has 1 saturated carbocycles. The van der Waals surface area contributed by atoms with Gasteiger partial charge in [-0.3, -0.25) is 4.79 Å². The van der Waals surface area contributed by atoms with Gasteiger partial charge >= 0.3 is 5.97 Å². The van der Waals surface area contributed by atoms with E-state index in [4.69, 9.17) is 5.11 Å². The maximum Gasteiger partial charge on any atom is 0.326 e. The van der Waals surface area contributed by atoms with Crippen LogP contribution in [0.2, 0.25) is 0 Å². The monoisotopic (exact) mass is 268 g/mol. The standard InChI is InChI=1S/C14H24N2O3/c1-2-10(14(18)19)16-13(17)12-8-7-9-5-3-4-6-11(9)15-12/h9-12,15H,2-8H2,1H3,(H,16,17)(H,18,19)/t9?,10-,11?,12?/m1/s1. The minimum Gasteiger partial charge on any atom is -0.480 e. The minimum atomic E-state index is -0.956. The molecule has 2 aliphatic rings. The van der Waals surface area contributed by atoms with Crippen LogP contribution in [0.25, 0.3) is 0 Å². The van der Waals surface area contributed by atoms with Crippen LogP contribution in [0.1, 0.15) is 51.9 Å². The van der Waals surface area contributed by atoms with E-state index in [1.54, 1.807) is 6.92 Å². The van der Waals surface area contributed by atoms with Crippen molar-refractivity contribution in [3.8, 4) is 0 Å². The SMILES string of the molecule is CC[C@@H](NC(=O)C1CCC2CCCCC2N1)C(=O)O. The van der Waals surface area contributed by atoms with Gasteiger partial charge in [0.05, 0.1) is 6.04 Å². The molecule has 19 heavy (non-hydrogen) atoms. The Morgan fingerprint density at radius 1 is 1.26 bits per heavy atom. The highest BCUT2D eigenvalue weighted by atomic mass is 16.4. The molecule has 108 valence electrons. The van der Waals surface area contributed by atoms with Crippen LogP contribution in [-0.4, -0.2) is 35.1 Å². The molecule has 1 heterocycles. The molecule has 1 saturated heterocycles. The summed E-state index contributed by atoms with van der Waals surface area (Å²) in [6.45, 7) is 1.77. The number of fused-ring (bicyclic) bond motifs is 1. The van der Waals surface area contributed by atoms with Crippen molar-refractivity contribution in [1.29, 1.82) is 0 Å². The molecule has 2 rings (SSSR count). The molecule has 0 spiro atoms. The van der Waals surface area contributed by atoms with Crippen LogP contribution in [0.4, 0.5) is 0 Å². The first kappa shape index (κ1) is 14.3. The predicted octanol–water partition coefficient (Wildman–Crippen LogP) is 1.28. The van der Waals surface area contributed by atoms with Crippen molar-refractivity contribution in [1.82, 2.24) is 10.6 Å². The Balaban J connectivity index is 1.88. The molecule has 0 aromatic rings. The number of carboxylic acid groups (broad SMARTS) is 1. The van der Waals surface area contributed by atoms with E-state index in [-0.39, 0.29) is 11.9 Å². The maximum atomic E-state index is 12.1. The minimum absolute atomic E-state index is 0.154. The second-order valence-corrected chi connectivity index (χ2v) is 5.76. The largest absolute Gasteiger partial charge is 0.480 e. The third kappa shape index (κ3) is 3.47. The van der Waals surface area contributed by atoms with Gasteiger partial charge in [-0.15, -0.1) is 0 Å². The Labute approximate surface area is 114 Å². The number of carbonyl (C=O) groups excluding carboxylic acids is 1. The summed E-state index contributed by atoms with van der Waals surface area (Å²) < 4.78 is 0. The lowest BCUT2D eigenvalue weighted by Gasteiger charge is -2.40. The number of piperidine rings is 1. The van der Waals surface area contributed by atoms with Gasteiger partial charge in [0.1, 0.15) is 6.04 Å². The zero-order valence-corrected chi connectivity index (χ0v) is 11.5. The summed E-state index contributed by atoms with van der Waals surface area (Å²) in [6, 6.07) is -0.533. The predicted molar refractivity (Wildman–Crippen MR) is 71.8 cm³/mol. The first-order valence-corrected chi connectivity index (χ1v) is 7.41. The van der Waals surface area contributed by atoms with Crippen molar-refractivity contribution in [2.24, 2.45) is 5.92 Å². The Hall–Kier alpha value is -1.10. The maximum absolute atomic E-state index is 12.1. The molecular weight excluding hydrogens is 244 g/mol. The number of carbonyl (C=O) groups is 2. The average Bonchev–Trinajstić information content (AvgIpc) is 2.43. The molecule has 3 unspecified atom stereocenters. The van der Waals surface area contributed by atoms with Crippen LogP contribution in [0.15, 0.2) is 0 Å².